The Morgan fingerprint density at radius 3 is 2.23 bits per heavy atom. The highest BCUT2D eigenvalue weighted by atomic mass is 32.2. The third-order valence-corrected chi connectivity index (χ3v) is 7.37. The van der Waals surface area contributed by atoms with Crippen molar-refractivity contribution in [1.82, 2.24) is 24.8 Å². The van der Waals surface area contributed by atoms with E-state index in [1.54, 1.807) is 56.7 Å². The maximum Gasteiger partial charge on any atom is 0.511 e. The molecule has 18 heteroatoms. The first kappa shape index (κ1) is 37.2. The molecule has 2 aromatic carbocycles. The molecule has 3 aromatic rings. The predicted octanol–water partition coefficient (Wildman–Crippen LogP) is 5.44. The minimum absolute atomic E-state index is 0.132. The van der Waals surface area contributed by atoms with Crippen LogP contribution in [0, 0.1) is 6.92 Å². The molecule has 14 nitrogen and oxygen atoms in total. The molecular weight excluding hydrogens is 651 g/mol. The first-order valence-electron chi connectivity index (χ1n) is 14.1. The van der Waals surface area contributed by atoms with Crippen molar-refractivity contribution < 1.29 is 55.4 Å². The molecule has 0 aliphatic heterocycles. The molecule has 258 valence electrons. The summed E-state index contributed by atoms with van der Waals surface area (Å²) in [5, 5.41) is 15.3. The largest absolute Gasteiger partial charge is 0.511 e. The van der Waals surface area contributed by atoms with E-state index in [1.807, 2.05) is 6.92 Å². The highest BCUT2D eigenvalue weighted by molar-refractivity contribution is 7.90. The Morgan fingerprint density at radius 1 is 1.06 bits per heavy atom. The summed E-state index contributed by atoms with van der Waals surface area (Å²) in [6.07, 6.45) is -8.34. The highest BCUT2D eigenvalue weighted by Crippen LogP contribution is 2.33. The van der Waals surface area contributed by atoms with Crippen LogP contribution in [0.15, 0.2) is 59.5 Å². The Kier molecular flexibility index (Phi) is 12.0. The molecule has 3 rings (SSSR count). The van der Waals surface area contributed by atoms with Crippen LogP contribution < -0.4 is 4.72 Å². The number of likely N-dealkylation sites (N-methyl/N-ethyl adjacent to an activating group) is 1. The number of amides is 1. The summed E-state index contributed by atoms with van der Waals surface area (Å²) in [5.41, 5.74) is -0.306. The van der Waals surface area contributed by atoms with Gasteiger partial charge >= 0.3 is 18.4 Å². The fourth-order valence-corrected chi connectivity index (χ4v) is 4.74. The van der Waals surface area contributed by atoms with Crippen LogP contribution in [0.5, 0.6) is 0 Å². The predicted molar refractivity (Wildman–Crippen MR) is 159 cm³/mol. The topological polar surface area (TPSA) is 162 Å². The standard InChI is InChI=1S/C29H36F3N5O9S/c1-7-35(37(40)46-20(3)44-27(39)45-28(4,5)6)16-17-43-26(38)34-47(41,42)23-14-12-22(13-15-23)36-24(18-25(33-36)29(30,31)32)21-10-8-19(2)9-11-21/h8-15,18,20,40H,7,16-17H2,1-6H3,(H,34,38). The minimum Gasteiger partial charge on any atom is -0.447 e. The molecule has 0 aliphatic rings. The number of aryl methyl sites for hydroxylation is 1. The van der Waals surface area contributed by atoms with E-state index in [2.05, 4.69) is 5.10 Å². The zero-order chi connectivity index (χ0) is 35.2. The Hall–Kier alpha value is -4.23. The van der Waals surface area contributed by atoms with Gasteiger partial charge in [-0.1, -0.05) is 36.8 Å². The molecule has 0 bridgehead atoms. The lowest BCUT2D eigenvalue weighted by Gasteiger charge is -2.29. The van der Waals surface area contributed by atoms with Crippen LogP contribution in [0.25, 0.3) is 16.9 Å². The fourth-order valence-electron chi connectivity index (χ4n) is 3.85. The van der Waals surface area contributed by atoms with E-state index >= 15 is 0 Å². The Bertz CT molecular complexity index is 1620. The van der Waals surface area contributed by atoms with E-state index in [1.165, 1.54) is 19.1 Å². The second-order valence-corrected chi connectivity index (χ2v) is 12.7. The molecule has 47 heavy (non-hydrogen) atoms. The van der Waals surface area contributed by atoms with Gasteiger partial charge in [0.25, 0.3) is 10.0 Å². The molecule has 1 heterocycles. The minimum atomic E-state index is -4.72. The van der Waals surface area contributed by atoms with Gasteiger partial charge in [0.05, 0.1) is 22.8 Å². The van der Waals surface area contributed by atoms with Crippen molar-refractivity contribution >= 4 is 22.3 Å². The summed E-state index contributed by atoms with van der Waals surface area (Å²) in [5.74, 6) is 0. The van der Waals surface area contributed by atoms with Gasteiger partial charge < -0.3 is 14.2 Å². The van der Waals surface area contributed by atoms with Crippen molar-refractivity contribution in [2.45, 2.75) is 64.5 Å². The summed E-state index contributed by atoms with van der Waals surface area (Å²) in [6, 6.07) is 12.3. The number of carbonyl (C=O) groups excluding carboxylic acids is 2. The van der Waals surface area contributed by atoms with Crippen molar-refractivity contribution in [2.75, 3.05) is 19.7 Å². The van der Waals surface area contributed by atoms with E-state index in [0.29, 0.717) is 5.56 Å². The van der Waals surface area contributed by atoms with E-state index in [0.717, 1.165) is 33.5 Å². The quantitative estimate of drug-likeness (QED) is 0.141. The van der Waals surface area contributed by atoms with Gasteiger partial charge in [-0.3, -0.25) is 5.21 Å². The van der Waals surface area contributed by atoms with Crippen LogP contribution in [0.2, 0.25) is 0 Å². The average molecular weight is 688 g/mol. The van der Waals surface area contributed by atoms with Crippen molar-refractivity contribution in [3.8, 4) is 16.9 Å². The number of hydrazine groups is 1. The van der Waals surface area contributed by atoms with Gasteiger partial charge in [-0.05, 0) is 58.0 Å². The normalized spacial score (nSPS) is 13.0. The number of sulfonamides is 1. The van der Waals surface area contributed by atoms with E-state index in [9.17, 15) is 36.4 Å². The van der Waals surface area contributed by atoms with Crippen molar-refractivity contribution in [3.63, 3.8) is 0 Å². The molecule has 0 saturated heterocycles. The van der Waals surface area contributed by atoms with Gasteiger partial charge in [0, 0.05) is 24.4 Å². The van der Waals surface area contributed by atoms with Crippen LogP contribution in [0.4, 0.5) is 22.8 Å². The van der Waals surface area contributed by atoms with Gasteiger partial charge in [0.1, 0.15) is 12.2 Å². The number of alkyl halides is 3. The first-order valence-corrected chi connectivity index (χ1v) is 15.6. The van der Waals surface area contributed by atoms with Crippen molar-refractivity contribution in [1.29, 1.82) is 0 Å². The third kappa shape index (κ3) is 10.9. The number of rotatable bonds is 12. The van der Waals surface area contributed by atoms with Crippen molar-refractivity contribution in [2.24, 2.45) is 0 Å². The van der Waals surface area contributed by atoms with Crippen LogP contribution in [-0.4, -0.2) is 77.6 Å². The Morgan fingerprint density at radius 2 is 1.68 bits per heavy atom. The number of hydrogen-bond acceptors (Lipinski definition) is 12. The fraction of sp³-hybridized carbons (Fsp3) is 0.414. The number of aromatic nitrogens is 2. The van der Waals surface area contributed by atoms with Gasteiger partial charge in [-0.25, -0.2) is 32.2 Å². The molecule has 0 aliphatic carbocycles. The lowest BCUT2D eigenvalue weighted by molar-refractivity contribution is -0.473. The van der Waals surface area contributed by atoms with Gasteiger partial charge in [-0.15, -0.1) is 0 Å². The Labute approximate surface area is 269 Å². The zero-order valence-electron chi connectivity index (χ0n) is 26.4. The van der Waals surface area contributed by atoms with Crippen LogP contribution in [0.3, 0.4) is 0 Å². The molecule has 0 spiro atoms. The van der Waals surface area contributed by atoms with E-state index < -0.39 is 52.6 Å². The lowest BCUT2D eigenvalue weighted by atomic mass is 10.1. The summed E-state index contributed by atoms with van der Waals surface area (Å²) < 4.78 is 83.6. The molecule has 1 amide bonds. The lowest BCUT2D eigenvalue weighted by Crippen LogP contribution is -2.45. The average Bonchev–Trinajstić information content (AvgIpc) is 3.41. The van der Waals surface area contributed by atoms with Crippen LogP contribution in [0.1, 0.15) is 45.9 Å². The third-order valence-electron chi connectivity index (χ3n) is 6.04. The summed E-state index contributed by atoms with van der Waals surface area (Å²) in [7, 11) is -4.45. The highest BCUT2D eigenvalue weighted by Gasteiger charge is 2.35. The first-order chi connectivity index (χ1) is 21.8. The summed E-state index contributed by atoms with van der Waals surface area (Å²) in [4.78, 5) is 28.7. The smallest absolute Gasteiger partial charge is 0.447 e. The van der Waals surface area contributed by atoms with Crippen LogP contribution >= 0.6 is 0 Å². The van der Waals surface area contributed by atoms with Gasteiger partial charge in [0.15, 0.2) is 5.69 Å². The zero-order valence-corrected chi connectivity index (χ0v) is 27.3. The number of ether oxygens (including phenoxy) is 3. The summed E-state index contributed by atoms with van der Waals surface area (Å²) in [6.45, 7) is 9.25. The molecule has 1 unspecified atom stereocenters. The van der Waals surface area contributed by atoms with Gasteiger partial charge in [-0.2, -0.15) is 23.3 Å². The van der Waals surface area contributed by atoms with Crippen molar-refractivity contribution in [3.05, 3.63) is 65.9 Å². The Balaban J connectivity index is 1.60. The number of nitrogens with zero attached hydrogens (tertiary/aromatic N) is 4. The maximum atomic E-state index is 13.5. The van der Waals surface area contributed by atoms with Crippen LogP contribution in [-0.2, 0) is 35.2 Å². The monoisotopic (exact) mass is 687 g/mol. The van der Waals surface area contributed by atoms with Gasteiger partial charge in [0.2, 0.25) is 6.29 Å². The number of hydrogen-bond donors (Lipinski definition) is 2. The van der Waals surface area contributed by atoms with E-state index in [-0.39, 0.29) is 34.7 Å². The molecule has 1 atom stereocenters. The second kappa shape index (κ2) is 15.1. The molecule has 0 saturated carbocycles. The second-order valence-electron chi connectivity index (χ2n) is 11.0. The number of carbonyl (C=O) groups is 2. The number of nitrogens with one attached hydrogen (secondary N) is 1. The number of halogens is 3. The molecule has 2 N–H and O–H groups in total. The molecule has 0 radical (unpaired) electrons. The van der Waals surface area contributed by atoms with E-state index in [4.69, 9.17) is 19.0 Å². The molecular formula is C29H36F3N5O9S. The molecule has 0 fully saturated rings. The summed E-state index contributed by atoms with van der Waals surface area (Å²) >= 11 is 0. The molecule has 1 aromatic heterocycles. The maximum absolute atomic E-state index is 13.5. The number of benzene rings is 2. The SMILES string of the molecule is CCN(CCOC(=O)NS(=O)(=O)c1ccc(-n2nc(C(F)(F)F)cc2-c2ccc(C)cc2)cc1)N(O)OC(C)OC(=O)OC(C)(C)C.